The predicted octanol–water partition coefficient (Wildman–Crippen LogP) is 1.63. The van der Waals surface area contributed by atoms with Crippen molar-refractivity contribution in [2.75, 3.05) is 6.54 Å². The summed E-state index contributed by atoms with van der Waals surface area (Å²) in [7, 11) is 0. The first-order chi connectivity index (χ1) is 7.06. The van der Waals surface area contributed by atoms with E-state index < -0.39 is 0 Å². The molecule has 1 heterocycles. The summed E-state index contributed by atoms with van der Waals surface area (Å²) < 4.78 is 2.13. The lowest BCUT2D eigenvalue weighted by molar-refractivity contribution is 0.434. The summed E-state index contributed by atoms with van der Waals surface area (Å²) in [6.45, 7) is 10.3. The summed E-state index contributed by atoms with van der Waals surface area (Å²) in [5, 5.41) is 8.18. The van der Waals surface area contributed by atoms with Gasteiger partial charge < -0.3 is 10.3 Å². The van der Waals surface area contributed by atoms with Gasteiger partial charge in [-0.05, 0) is 11.8 Å². The van der Waals surface area contributed by atoms with Crippen LogP contribution in [0.1, 0.15) is 39.4 Å². The van der Waals surface area contributed by atoms with Crippen LogP contribution in [0.25, 0.3) is 0 Å². The summed E-state index contributed by atoms with van der Waals surface area (Å²) in [6, 6.07) is 0. The van der Waals surface area contributed by atoms with Gasteiger partial charge in [-0.3, -0.25) is 0 Å². The van der Waals surface area contributed by atoms with Crippen molar-refractivity contribution in [1.82, 2.24) is 14.8 Å². The summed E-state index contributed by atoms with van der Waals surface area (Å²) >= 11 is 0. The van der Waals surface area contributed by atoms with Crippen LogP contribution >= 0.6 is 0 Å². The van der Waals surface area contributed by atoms with E-state index in [1.54, 1.807) is 6.33 Å². The molecule has 0 saturated carbocycles. The quantitative estimate of drug-likeness (QED) is 0.803. The fourth-order valence-electron chi connectivity index (χ4n) is 1.76. The van der Waals surface area contributed by atoms with Crippen LogP contribution in [0.4, 0.5) is 0 Å². The lowest BCUT2D eigenvalue weighted by Gasteiger charge is -2.19. The molecule has 4 nitrogen and oxygen atoms in total. The molecule has 0 bridgehead atoms. The van der Waals surface area contributed by atoms with Gasteiger partial charge in [-0.2, -0.15) is 0 Å². The zero-order chi connectivity index (χ0) is 11.4. The molecule has 0 aliphatic carbocycles. The minimum absolute atomic E-state index is 0.311. The molecule has 1 aromatic rings. The molecule has 1 rings (SSSR count). The molecule has 0 spiro atoms. The van der Waals surface area contributed by atoms with Gasteiger partial charge in [-0.25, -0.2) is 0 Å². The van der Waals surface area contributed by atoms with Crippen molar-refractivity contribution >= 4 is 0 Å². The van der Waals surface area contributed by atoms with E-state index >= 15 is 0 Å². The molecular weight excluding hydrogens is 188 g/mol. The normalized spacial score (nSPS) is 13.8. The highest BCUT2D eigenvalue weighted by Gasteiger charge is 2.20. The summed E-state index contributed by atoms with van der Waals surface area (Å²) in [5.41, 5.74) is 5.78. The molecule has 0 amide bonds. The molecule has 1 unspecified atom stereocenters. The molecule has 0 aliphatic rings. The van der Waals surface area contributed by atoms with Crippen LogP contribution in [0.2, 0.25) is 0 Å². The first-order valence-electron chi connectivity index (χ1n) is 5.64. The van der Waals surface area contributed by atoms with Gasteiger partial charge in [0, 0.05) is 19.0 Å². The van der Waals surface area contributed by atoms with Gasteiger partial charge in [0.25, 0.3) is 0 Å². The van der Waals surface area contributed by atoms with E-state index in [9.17, 15) is 0 Å². The Morgan fingerprint density at radius 3 is 2.47 bits per heavy atom. The number of nitrogens with zero attached hydrogens (tertiary/aromatic N) is 3. The number of aromatic nitrogens is 3. The van der Waals surface area contributed by atoms with Crippen LogP contribution in [0, 0.1) is 11.8 Å². The molecular formula is C11H22N4. The molecule has 86 valence electrons. The average molecular weight is 210 g/mol. The van der Waals surface area contributed by atoms with Crippen LogP contribution in [-0.2, 0) is 6.54 Å². The number of rotatable bonds is 5. The molecule has 0 aromatic carbocycles. The first kappa shape index (κ1) is 12.2. The number of hydrogen-bond donors (Lipinski definition) is 1. The van der Waals surface area contributed by atoms with Crippen molar-refractivity contribution in [3.63, 3.8) is 0 Å². The van der Waals surface area contributed by atoms with E-state index in [1.807, 2.05) is 0 Å². The van der Waals surface area contributed by atoms with Gasteiger partial charge in [0.2, 0.25) is 0 Å². The van der Waals surface area contributed by atoms with Crippen LogP contribution in [0.3, 0.4) is 0 Å². The van der Waals surface area contributed by atoms with Crippen molar-refractivity contribution in [1.29, 1.82) is 0 Å². The summed E-state index contributed by atoms with van der Waals surface area (Å²) in [5.74, 6) is 2.45. The minimum Gasteiger partial charge on any atom is -0.330 e. The number of hydrogen-bond acceptors (Lipinski definition) is 3. The van der Waals surface area contributed by atoms with E-state index in [1.165, 1.54) is 0 Å². The predicted molar refractivity (Wildman–Crippen MR) is 61.5 cm³/mol. The minimum atomic E-state index is 0.311. The van der Waals surface area contributed by atoms with Crippen LogP contribution in [0.5, 0.6) is 0 Å². The third-order valence-corrected chi connectivity index (χ3v) is 2.60. The maximum Gasteiger partial charge on any atom is 0.137 e. The standard InChI is InChI=1S/C11H22N4/c1-8(2)6-15-7-13-14-11(15)10(5-12)9(3)4/h7-10H,5-6,12H2,1-4H3. The Hall–Kier alpha value is -0.900. The lowest BCUT2D eigenvalue weighted by atomic mass is 9.95. The zero-order valence-corrected chi connectivity index (χ0v) is 10.1. The average Bonchev–Trinajstić information content (AvgIpc) is 2.53. The third-order valence-electron chi connectivity index (χ3n) is 2.60. The Morgan fingerprint density at radius 1 is 1.33 bits per heavy atom. The van der Waals surface area contributed by atoms with E-state index in [2.05, 4.69) is 42.5 Å². The molecule has 15 heavy (non-hydrogen) atoms. The van der Waals surface area contributed by atoms with E-state index in [4.69, 9.17) is 5.73 Å². The summed E-state index contributed by atoms with van der Waals surface area (Å²) in [6.07, 6.45) is 1.81. The van der Waals surface area contributed by atoms with Gasteiger partial charge in [0.15, 0.2) is 0 Å². The largest absolute Gasteiger partial charge is 0.330 e. The van der Waals surface area contributed by atoms with Crippen molar-refractivity contribution in [2.45, 2.75) is 40.2 Å². The Kier molecular flexibility index (Phi) is 4.27. The highest BCUT2D eigenvalue weighted by Crippen LogP contribution is 2.21. The molecule has 0 aliphatic heterocycles. The van der Waals surface area contributed by atoms with Gasteiger partial charge in [-0.15, -0.1) is 10.2 Å². The molecule has 0 saturated heterocycles. The van der Waals surface area contributed by atoms with E-state index in [0.29, 0.717) is 24.3 Å². The van der Waals surface area contributed by atoms with Crippen molar-refractivity contribution in [2.24, 2.45) is 17.6 Å². The molecule has 0 radical (unpaired) electrons. The molecule has 0 fully saturated rings. The fraction of sp³-hybridized carbons (Fsp3) is 0.818. The lowest BCUT2D eigenvalue weighted by Crippen LogP contribution is -2.22. The Balaban J connectivity index is 2.87. The second-order valence-corrected chi connectivity index (χ2v) is 4.82. The zero-order valence-electron chi connectivity index (χ0n) is 10.1. The third kappa shape index (κ3) is 3.02. The van der Waals surface area contributed by atoms with Crippen molar-refractivity contribution < 1.29 is 0 Å². The van der Waals surface area contributed by atoms with Gasteiger partial charge in [-0.1, -0.05) is 27.7 Å². The fourth-order valence-corrected chi connectivity index (χ4v) is 1.76. The van der Waals surface area contributed by atoms with Gasteiger partial charge in [0.05, 0.1) is 0 Å². The van der Waals surface area contributed by atoms with Gasteiger partial charge >= 0.3 is 0 Å². The van der Waals surface area contributed by atoms with Crippen LogP contribution in [0.15, 0.2) is 6.33 Å². The molecule has 1 atom stereocenters. The second kappa shape index (κ2) is 5.26. The Labute approximate surface area is 91.9 Å². The summed E-state index contributed by atoms with van der Waals surface area (Å²) in [4.78, 5) is 0. The highest BCUT2D eigenvalue weighted by atomic mass is 15.3. The number of nitrogens with two attached hydrogens (primary N) is 1. The Morgan fingerprint density at radius 2 is 2.00 bits per heavy atom. The Bertz CT molecular complexity index is 291. The maximum atomic E-state index is 5.78. The van der Waals surface area contributed by atoms with Crippen LogP contribution < -0.4 is 5.73 Å². The SMILES string of the molecule is CC(C)Cn1cnnc1C(CN)C(C)C. The topological polar surface area (TPSA) is 56.7 Å². The smallest absolute Gasteiger partial charge is 0.137 e. The highest BCUT2D eigenvalue weighted by molar-refractivity contribution is 4.98. The van der Waals surface area contributed by atoms with Crippen LogP contribution in [-0.4, -0.2) is 21.3 Å². The monoisotopic (exact) mass is 210 g/mol. The van der Waals surface area contributed by atoms with E-state index in [0.717, 1.165) is 12.4 Å². The van der Waals surface area contributed by atoms with E-state index in [-0.39, 0.29) is 0 Å². The van der Waals surface area contributed by atoms with Gasteiger partial charge in [0.1, 0.15) is 12.2 Å². The molecule has 2 N–H and O–H groups in total. The molecule has 1 aromatic heterocycles. The maximum absolute atomic E-state index is 5.78. The van der Waals surface area contributed by atoms with Crippen molar-refractivity contribution in [3.8, 4) is 0 Å². The molecule has 4 heteroatoms. The second-order valence-electron chi connectivity index (χ2n) is 4.82. The van der Waals surface area contributed by atoms with Crippen molar-refractivity contribution in [3.05, 3.63) is 12.2 Å². The first-order valence-corrected chi connectivity index (χ1v) is 5.64.